The van der Waals surface area contributed by atoms with E-state index in [1.54, 1.807) is 0 Å². The molecule has 2 amide bonds. The van der Waals surface area contributed by atoms with E-state index in [-0.39, 0.29) is 0 Å². The van der Waals surface area contributed by atoms with E-state index in [2.05, 4.69) is 10.6 Å². The Labute approximate surface area is 104 Å². The molecule has 0 atom stereocenters. The molecular weight excluding hydrogens is 216 g/mol. The first-order valence-electron chi connectivity index (χ1n) is 6.80. The van der Waals surface area contributed by atoms with Crippen molar-refractivity contribution in [2.24, 2.45) is 5.92 Å². The summed E-state index contributed by atoms with van der Waals surface area (Å²) in [7, 11) is 0. The zero-order valence-electron chi connectivity index (χ0n) is 10.8. The van der Waals surface area contributed by atoms with Gasteiger partial charge in [-0.2, -0.15) is 0 Å². The van der Waals surface area contributed by atoms with Gasteiger partial charge in [-0.3, -0.25) is 9.59 Å². The summed E-state index contributed by atoms with van der Waals surface area (Å²) in [5.74, 6) is -0.234. The van der Waals surface area contributed by atoms with Crippen LogP contribution in [0.1, 0.15) is 51.9 Å². The van der Waals surface area contributed by atoms with Crippen LogP contribution in [0.3, 0.4) is 0 Å². The molecule has 1 aliphatic rings. The Kier molecular flexibility index (Phi) is 6.67. The smallest absolute Gasteiger partial charge is 0.309 e. The molecule has 1 aliphatic carbocycles. The number of unbranched alkanes of at least 4 members (excludes halogenated alkanes) is 1. The van der Waals surface area contributed by atoms with Crippen molar-refractivity contribution in [3.63, 3.8) is 0 Å². The zero-order chi connectivity index (χ0) is 12.5. The Morgan fingerprint density at radius 1 is 1.06 bits per heavy atom. The largest absolute Gasteiger partial charge is 0.348 e. The van der Waals surface area contributed by atoms with Crippen LogP contribution >= 0.6 is 0 Å². The van der Waals surface area contributed by atoms with Crippen LogP contribution in [-0.4, -0.2) is 24.9 Å². The van der Waals surface area contributed by atoms with Crippen LogP contribution in [0.5, 0.6) is 0 Å². The predicted octanol–water partition coefficient (Wildman–Crippen LogP) is 1.60. The summed E-state index contributed by atoms with van der Waals surface area (Å²) in [6, 6.07) is 0. The van der Waals surface area contributed by atoms with Gasteiger partial charge in [0, 0.05) is 13.1 Å². The number of amides is 2. The van der Waals surface area contributed by atoms with Crippen molar-refractivity contribution in [1.29, 1.82) is 0 Å². The van der Waals surface area contributed by atoms with Gasteiger partial charge in [-0.1, -0.05) is 39.0 Å². The van der Waals surface area contributed by atoms with E-state index < -0.39 is 11.8 Å². The molecule has 4 nitrogen and oxygen atoms in total. The van der Waals surface area contributed by atoms with E-state index in [0.717, 1.165) is 25.2 Å². The second-order valence-corrected chi connectivity index (χ2v) is 4.80. The van der Waals surface area contributed by atoms with Crippen LogP contribution in [0.25, 0.3) is 0 Å². The minimum absolute atomic E-state index is 0.487. The lowest BCUT2D eigenvalue weighted by Crippen LogP contribution is -2.40. The summed E-state index contributed by atoms with van der Waals surface area (Å²) in [4.78, 5) is 22.7. The third-order valence-corrected chi connectivity index (χ3v) is 3.34. The van der Waals surface area contributed by atoms with Crippen molar-refractivity contribution >= 4 is 11.8 Å². The van der Waals surface area contributed by atoms with E-state index in [0.29, 0.717) is 13.1 Å². The van der Waals surface area contributed by atoms with Crippen LogP contribution in [0.2, 0.25) is 0 Å². The minimum Gasteiger partial charge on any atom is -0.348 e. The van der Waals surface area contributed by atoms with Gasteiger partial charge in [0.05, 0.1) is 0 Å². The monoisotopic (exact) mass is 240 g/mol. The first-order valence-corrected chi connectivity index (χ1v) is 6.80. The van der Waals surface area contributed by atoms with Crippen molar-refractivity contribution in [2.75, 3.05) is 13.1 Å². The fraction of sp³-hybridized carbons (Fsp3) is 0.846. The maximum absolute atomic E-state index is 11.4. The van der Waals surface area contributed by atoms with Crippen LogP contribution in [-0.2, 0) is 9.59 Å². The zero-order valence-corrected chi connectivity index (χ0v) is 10.8. The average Bonchev–Trinajstić information content (AvgIpc) is 2.82. The van der Waals surface area contributed by atoms with Crippen LogP contribution in [0, 0.1) is 5.92 Å². The Hall–Kier alpha value is -1.06. The van der Waals surface area contributed by atoms with Gasteiger partial charge >= 0.3 is 11.8 Å². The highest BCUT2D eigenvalue weighted by Crippen LogP contribution is 2.26. The van der Waals surface area contributed by atoms with E-state index in [1.807, 2.05) is 6.92 Å². The summed E-state index contributed by atoms with van der Waals surface area (Å²) in [6.07, 6.45) is 8.13. The molecule has 0 aromatic heterocycles. The Morgan fingerprint density at radius 3 is 2.24 bits per heavy atom. The third kappa shape index (κ3) is 5.71. The minimum atomic E-state index is -0.495. The molecule has 2 N–H and O–H groups in total. The van der Waals surface area contributed by atoms with Crippen LogP contribution < -0.4 is 10.6 Å². The number of hydrogen-bond donors (Lipinski definition) is 2. The van der Waals surface area contributed by atoms with Gasteiger partial charge in [0.1, 0.15) is 0 Å². The van der Waals surface area contributed by atoms with Gasteiger partial charge in [0.15, 0.2) is 0 Å². The topological polar surface area (TPSA) is 58.2 Å². The molecule has 0 aliphatic heterocycles. The van der Waals surface area contributed by atoms with Crippen molar-refractivity contribution < 1.29 is 9.59 Å². The molecule has 0 saturated heterocycles. The van der Waals surface area contributed by atoms with Crippen molar-refractivity contribution in [1.82, 2.24) is 10.6 Å². The van der Waals surface area contributed by atoms with Crippen molar-refractivity contribution in [3.05, 3.63) is 0 Å². The molecule has 0 aromatic carbocycles. The molecule has 0 unspecified atom stereocenters. The fourth-order valence-electron chi connectivity index (χ4n) is 2.23. The highest BCUT2D eigenvalue weighted by atomic mass is 16.2. The lowest BCUT2D eigenvalue weighted by molar-refractivity contribution is -0.139. The normalized spacial score (nSPS) is 15.8. The number of rotatable bonds is 6. The fourth-order valence-corrected chi connectivity index (χ4v) is 2.23. The molecule has 1 saturated carbocycles. The van der Waals surface area contributed by atoms with E-state index >= 15 is 0 Å². The SMILES string of the molecule is CCCCNC(=O)C(=O)NCCC1CCCC1. The van der Waals surface area contributed by atoms with E-state index in [9.17, 15) is 9.59 Å². The molecule has 1 rings (SSSR count). The quantitative estimate of drug-likeness (QED) is 0.547. The first kappa shape index (κ1) is 14.0. The lowest BCUT2D eigenvalue weighted by Gasteiger charge is -2.09. The molecule has 1 fully saturated rings. The first-order chi connectivity index (χ1) is 8.24. The molecule has 17 heavy (non-hydrogen) atoms. The molecule has 98 valence electrons. The molecule has 4 heteroatoms. The van der Waals surface area contributed by atoms with E-state index in [1.165, 1.54) is 25.7 Å². The predicted molar refractivity (Wildman–Crippen MR) is 67.5 cm³/mol. The molecule has 0 radical (unpaired) electrons. The lowest BCUT2D eigenvalue weighted by atomic mass is 10.0. The average molecular weight is 240 g/mol. The Balaban J connectivity index is 2.04. The molecule has 0 spiro atoms. The molecular formula is C13H24N2O2. The summed E-state index contributed by atoms with van der Waals surface area (Å²) in [6.45, 7) is 3.27. The molecule has 0 aromatic rings. The van der Waals surface area contributed by atoms with Gasteiger partial charge < -0.3 is 10.6 Å². The number of hydrogen-bond acceptors (Lipinski definition) is 2. The van der Waals surface area contributed by atoms with Gasteiger partial charge in [0.2, 0.25) is 0 Å². The van der Waals surface area contributed by atoms with Gasteiger partial charge in [0.25, 0.3) is 0 Å². The number of carbonyl (C=O) groups is 2. The van der Waals surface area contributed by atoms with Gasteiger partial charge in [-0.05, 0) is 18.8 Å². The van der Waals surface area contributed by atoms with Crippen molar-refractivity contribution in [3.8, 4) is 0 Å². The van der Waals surface area contributed by atoms with Crippen LogP contribution in [0.15, 0.2) is 0 Å². The summed E-state index contributed by atoms with van der Waals surface area (Å²) in [5.41, 5.74) is 0. The Morgan fingerprint density at radius 2 is 1.65 bits per heavy atom. The maximum atomic E-state index is 11.4. The van der Waals surface area contributed by atoms with Gasteiger partial charge in [-0.15, -0.1) is 0 Å². The second-order valence-electron chi connectivity index (χ2n) is 4.80. The maximum Gasteiger partial charge on any atom is 0.309 e. The summed E-state index contributed by atoms with van der Waals surface area (Å²) in [5, 5.41) is 5.30. The van der Waals surface area contributed by atoms with Crippen LogP contribution in [0.4, 0.5) is 0 Å². The highest BCUT2D eigenvalue weighted by Gasteiger charge is 2.16. The standard InChI is InChI=1S/C13H24N2O2/c1-2-3-9-14-12(16)13(17)15-10-8-11-6-4-5-7-11/h11H,2-10H2,1H3,(H,14,16)(H,15,17). The number of carbonyl (C=O) groups excluding carboxylic acids is 2. The highest BCUT2D eigenvalue weighted by molar-refractivity contribution is 6.35. The third-order valence-electron chi connectivity index (χ3n) is 3.34. The molecule has 0 heterocycles. The summed E-state index contributed by atoms with van der Waals surface area (Å²) < 4.78 is 0. The van der Waals surface area contributed by atoms with Gasteiger partial charge in [-0.25, -0.2) is 0 Å². The number of nitrogens with one attached hydrogen (secondary N) is 2. The van der Waals surface area contributed by atoms with E-state index in [4.69, 9.17) is 0 Å². The summed E-state index contributed by atoms with van der Waals surface area (Å²) >= 11 is 0. The Bertz CT molecular complexity index is 248. The second kappa shape index (κ2) is 8.09. The molecule has 0 bridgehead atoms. The van der Waals surface area contributed by atoms with Crippen molar-refractivity contribution in [2.45, 2.75) is 51.9 Å².